The molecule has 3 aromatic rings. The average Bonchev–Trinajstić information content (AvgIpc) is 3.28. The van der Waals surface area contributed by atoms with Gasteiger partial charge in [-0.3, -0.25) is 19.8 Å². The third-order valence-corrected chi connectivity index (χ3v) is 7.35. The van der Waals surface area contributed by atoms with E-state index in [1.165, 1.54) is 17.4 Å². The molecule has 10 heteroatoms. The highest BCUT2D eigenvalue weighted by Crippen LogP contribution is 2.34. The molecule has 0 saturated carbocycles. The van der Waals surface area contributed by atoms with Crippen LogP contribution in [0, 0.1) is 24.0 Å². The quantitative estimate of drug-likeness (QED) is 0.339. The molecule has 1 amide bonds. The van der Waals surface area contributed by atoms with Crippen LogP contribution in [0.1, 0.15) is 27.9 Å². The molecule has 1 aliphatic rings. The van der Waals surface area contributed by atoms with Crippen molar-refractivity contribution in [3.63, 3.8) is 0 Å². The highest BCUT2D eigenvalue weighted by molar-refractivity contribution is 7.22. The van der Waals surface area contributed by atoms with Gasteiger partial charge in [-0.25, -0.2) is 4.98 Å². The molecule has 0 atom stereocenters. The van der Waals surface area contributed by atoms with Gasteiger partial charge in [-0.2, -0.15) is 0 Å². The average molecular weight is 498 g/mol. The van der Waals surface area contributed by atoms with Gasteiger partial charge >= 0.3 is 0 Å². The maximum Gasteiger partial charge on any atom is 0.293 e. The number of hydrogen-bond donors (Lipinski definition) is 0. The van der Waals surface area contributed by atoms with Gasteiger partial charge in [0.2, 0.25) is 0 Å². The van der Waals surface area contributed by atoms with Crippen LogP contribution in [-0.2, 0) is 4.74 Å². The first-order valence-corrected chi connectivity index (χ1v) is 12.5. The van der Waals surface area contributed by atoms with Crippen molar-refractivity contribution in [2.24, 2.45) is 0 Å². The molecule has 1 saturated heterocycles. The van der Waals surface area contributed by atoms with Crippen molar-refractivity contribution in [3.8, 4) is 0 Å². The fourth-order valence-corrected chi connectivity index (χ4v) is 5.24. The van der Waals surface area contributed by atoms with E-state index in [0.29, 0.717) is 43.7 Å². The second-order valence-electron chi connectivity index (χ2n) is 9.02. The molecule has 2 aromatic carbocycles. The summed E-state index contributed by atoms with van der Waals surface area (Å²) in [7, 11) is 3.98. The van der Waals surface area contributed by atoms with E-state index in [1.807, 2.05) is 38.9 Å². The molecule has 186 valence electrons. The largest absolute Gasteiger partial charge is 0.378 e. The Hall–Kier alpha value is -3.08. The van der Waals surface area contributed by atoms with Gasteiger partial charge in [0.1, 0.15) is 5.69 Å². The Morgan fingerprint density at radius 3 is 2.60 bits per heavy atom. The van der Waals surface area contributed by atoms with Crippen molar-refractivity contribution in [1.82, 2.24) is 9.88 Å². The number of ether oxygens (including phenoxy) is 1. The standard InChI is InChI=1S/C25H31N5O4S/c1-17-6-9-22-23(18(17)2)26-25(35-22)29(11-5-10-27(3)4)24(31)19-7-8-20(21(16-19)30(32)33)28-12-14-34-15-13-28/h6-9,16H,5,10-15H2,1-4H3. The second kappa shape index (κ2) is 10.7. The molecule has 0 N–H and O–H groups in total. The number of nitrogens with zero attached hydrogens (tertiary/aromatic N) is 5. The van der Waals surface area contributed by atoms with E-state index in [2.05, 4.69) is 11.0 Å². The zero-order chi connectivity index (χ0) is 25.1. The molecule has 0 spiro atoms. The molecule has 0 unspecified atom stereocenters. The lowest BCUT2D eigenvalue weighted by atomic mass is 10.1. The molecule has 1 aromatic heterocycles. The number of aromatic nitrogens is 1. The third-order valence-electron chi connectivity index (χ3n) is 6.31. The minimum absolute atomic E-state index is 0.0678. The molecular weight excluding hydrogens is 466 g/mol. The number of carbonyl (C=O) groups excluding carboxylic acids is 1. The summed E-state index contributed by atoms with van der Waals surface area (Å²) in [6.07, 6.45) is 0.751. The zero-order valence-electron chi connectivity index (χ0n) is 20.6. The molecule has 4 rings (SSSR count). The maximum atomic E-state index is 13.7. The lowest BCUT2D eigenvalue weighted by Crippen LogP contribution is -2.37. The molecule has 2 heterocycles. The second-order valence-corrected chi connectivity index (χ2v) is 10.0. The third kappa shape index (κ3) is 5.44. The van der Waals surface area contributed by atoms with E-state index in [-0.39, 0.29) is 17.2 Å². The summed E-state index contributed by atoms with van der Waals surface area (Å²) >= 11 is 1.47. The molecule has 1 aliphatic heterocycles. The van der Waals surface area contributed by atoms with Crippen LogP contribution >= 0.6 is 11.3 Å². The summed E-state index contributed by atoms with van der Waals surface area (Å²) < 4.78 is 6.39. The monoisotopic (exact) mass is 497 g/mol. The Morgan fingerprint density at radius 1 is 1.17 bits per heavy atom. The van der Waals surface area contributed by atoms with Gasteiger partial charge < -0.3 is 14.5 Å². The fraction of sp³-hybridized carbons (Fsp3) is 0.440. The Labute approximate surface area is 209 Å². The predicted octanol–water partition coefficient (Wildman–Crippen LogP) is 4.26. The van der Waals surface area contributed by atoms with E-state index in [0.717, 1.165) is 34.3 Å². The number of amides is 1. The Bertz CT molecular complexity index is 1240. The van der Waals surface area contributed by atoms with E-state index in [4.69, 9.17) is 9.72 Å². The van der Waals surface area contributed by atoms with Gasteiger partial charge in [0.25, 0.3) is 11.6 Å². The minimum atomic E-state index is -0.415. The Kier molecular flexibility index (Phi) is 7.63. The lowest BCUT2D eigenvalue weighted by Gasteiger charge is -2.28. The molecule has 9 nitrogen and oxygen atoms in total. The van der Waals surface area contributed by atoms with Gasteiger partial charge in [0.15, 0.2) is 5.13 Å². The highest BCUT2D eigenvalue weighted by atomic mass is 32.1. The number of benzene rings is 2. The normalized spacial score (nSPS) is 14.0. The van der Waals surface area contributed by atoms with E-state index in [1.54, 1.807) is 17.0 Å². The Balaban J connectivity index is 1.70. The number of fused-ring (bicyclic) bond motifs is 1. The number of nitro benzene ring substituents is 1. The van der Waals surface area contributed by atoms with Crippen LogP contribution in [0.5, 0.6) is 0 Å². The number of hydrogen-bond acceptors (Lipinski definition) is 8. The topological polar surface area (TPSA) is 92.0 Å². The van der Waals surface area contributed by atoms with Crippen LogP contribution in [0.3, 0.4) is 0 Å². The SMILES string of the molecule is Cc1ccc2sc(N(CCCN(C)C)C(=O)c3ccc(N4CCOCC4)c([N+](=O)[O-])c3)nc2c1C. The smallest absolute Gasteiger partial charge is 0.293 e. The van der Waals surface area contributed by atoms with Crippen molar-refractivity contribution in [2.45, 2.75) is 20.3 Å². The van der Waals surface area contributed by atoms with Gasteiger partial charge in [-0.15, -0.1) is 0 Å². The van der Waals surface area contributed by atoms with Gasteiger partial charge in [0.05, 0.1) is 28.4 Å². The number of aryl methyl sites for hydroxylation is 2. The summed E-state index contributed by atoms with van der Waals surface area (Å²) in [5.74, 6) is -0.284. The van der Waals surface area contributed by atoms with Gasteiger partial charge in [-0.1, -0.05) is 17.4 Å². The summed E-state index contributed by atoms with van der Waals surface area (Å²) in [5, 5.41) is 12.5. The van der Waals surface area contributed by atoms with Gasteiger partial charge in [0, 0.05) is 31.3 Å². The first-order valence-electron chi connectivity index (χ1n) is 11.7. The molecule has 0 bridgehead atoms. The number of rotatable bonds is 8. The number of morpholine rings is 1. The van der Waals surface area contributed by atoms with Crippen LogP contribution in [-0.4, -0.2) is 74.2 Å². The fourth-order valence-electron chi connectivity index (χ4n) is 4.19. The molecule has 0 radical (unpaired) electrons. The number of anilines is 2. The molecule has 35 heavy (non-hydrogen) atoms. The highest BCUT2D eigenvalue weighted by Gasteiger charge is 2.27. The molecule has 0 aliphatic carbocycles. The summed E-state index contributed by atoms with van der Waals surface area (Å²) in [4.78, 5) is 35.7. The van der Waals surface area contributed by atoms with Crippen molar-refractivity contribution in [3.05, 3.63) is 57.1 Å². The summed E-state index contributed by atoms with van der Waals surface area (Å²) in [6, 6.07) is 8.85. The predicted molar refractivity (Wildman–Crippen MR) is 140 cm³/mol. The van der Waals surface area contributed by atoms with Crippen LogP contribution in [0.15, 0.2) is 30.3 Å². The summed E-state index contributed by atoms with van der Waals surface area (Å²) in [5.41, 5.74) is 3.86. The van der Waals surface area contributed by atoms with Crippen molar-refractivity contribution < 1.29 is 14.5 Å². The van der Waals surface area contributed by atoms with Crippen LogP contribution in [0.25, 0.3) is 10.2 Å². The maximum absolute atomic E-state index is 13.7. The van der Waals surface area contributed by atoms with Gasteiger partial charge in [-0.05, 0) is 70.2 Å². The Morgan fingerprint density at radius 2 is 1.91 bits per heavy atom. The van der Waals surface area contributed by atoms with E-state index in [9.17, 15) is 14.9 Å². The number of carbonyl (C=O) groups is 1. The van der Waals surface area contributed by atoms with Crippen molar-refractivity contribution >= 4 is 44.0 Å². The van der Waals surface area contributed by atoms with Crippen LogP contribution in [0.4, 0.5) is 16.5 Å². The first kappa shape index (κ1) is 25.0. The van der Waals surface area contributed by atoms with Crippen LogP contribution in [0.2, 0.25) is 0 Å². The lowest BCUT2D eigenvalue weighted by molar-refractivity contribution is -0.384. The number of nitro groups is 1. The minimum Gasteiger partial charge on any atom is -0.378 e. The summed E-state index contributed by atoms with van der Waals surface area (Å²) in [6.45, 7) is 7.55. The first-order chi connectivity index (χ1) is 16.8. The van der Waals surface area contributed by atoms with Crippen molar-refractivity contribution in [1.29, 1.82) is 0 Å². The van der Waals surface area contributed by atoms with E-state index >= 15 is 0 Å². The van der Waals surface area contributed by atoms with Crippen LogP contribution < -0.4 is 9.80 Å². The molecular formula is C25H31N5O4S. The van der Waals surface area contributed by atoms with E-state index < -0.39 is 4.92 Å². The zero-order valence-corrected chi connectivity index (χ0v) is 21.4. The van der Waals surface area contributed by atoms with Crippen molar-refractivity contribution in [2.75, 3.05) is 63.3 Å². The molecule has 1 fully saturated rings. The number of thiazole rings is 1.